The van der Waals surface area contributed by atoms with Gasteiger partial charge in [0.05, 0.1) is 0 Å². The van der Waals surface area contributed by atoms with Gasteiger partial charge in [-0.15, -0.1) is 0 Å². The second kappa shape index (κ2) is 6.94. The van der Waals surface area contributed by atoms with E-state index in [1.54, 1.807) is 0 Å². The summed E-state index contributed by atoms with van der Waals surface area (Å²) in [7, 11) is 0. The molecule has 0 spiro atoms. The minimum Gasteiger partial charge on any atom is -0.381 e. The van der Waals surface area contributed by atoms with Crippen molar-refractivity contribution in [3.05, 3.63) is 18.5 Å². The van der Waals surface area contributed by atoms with Gasteiger partial charge < -0.3 is 9.64 Å². The lowest BCUT2D eigenvalue weighted by Gasteiger charge is -2.43. The van der Waals surface area contributed by atoms with Crippen molar-refractivity contribution in [2.75, 3.05) is 56.6 Å². The molecule has 21 heavy (non-hydrogen) atoms. The van der Waals surface area contributed by atoms with Gasteiger partial charge in [0.25, 0.3) is 0 Å². The van der Waals surface area contributed by atoms with E-state index >= 15 is 0 Å². The first kappa shape index (κ1) is 15.1. The molecule has 0 amide bonds. The molecule has 2 aliphatic heterocycles. The van der Waals surface area contributed by atoms with Crippen molar-refractivity contribution in [3.63, 3.8) is 0 Å². The second-order valence-electron chi connectivity index (χ2n) is 6.08. The average Bonchev–Trinajstić information content (AvgIpc) is 2.57. The first-order chi connectivity index (χ1) is 10.3. The summed E-state index contributed by atoms with van der Waals surface area (Å²) in [6, 6.07) is 1.86. The van der Waals surface area contributed by atoms with E-state index in [0.29, 0.717) is 5.41 Å². The topological polar surface area (TPSA) is 41.5 Å². The molecule has 0 aliphatic carbocycles. The van der Waals surface area contributed by atoms with Crippen LogP contribution in [0.3, 0.4) is 0 Å². The maximum atomic E-state index is 5.51. The van der Waals surface area contributed by atoms with E-state index in [2.05, 4.69) is 32.4 Å². The number of aromatic nitrogens is 2. The molecule has 0 unspecified atom stereocenters. The molecule has 3 heterocycles. The zero-order valence-corrected chi connectivity index (χ0v) is 13.3. The molecular formula is C15H24N4OS. The van der Waals surface area contributed by atoms with Gasteiger partial charge in [-0.05, 0) is 30.1 Å². The molecule has 116 valence electrons. The Balaban J connectivity index is 1.53. The molecule has 6 heteroatoms. The summed E-state index contributed by atoms with van der Waals surface area (Å²) in [6.45, 7) is 7.08. The van der Waals surface area contributed by atoms with Crippen LogP contribution in [0.15, 0.2) is 18.5 Å². The Bertz CT molecular complexity index is 431. The molecular weight excluding hydrogens is 284 g/mol. The highest BCUT2D eigenvalue weighted by molar-refractivity contribution is 7.80. The predicted octanol–water partition coefficient (Wildman–Crippen LogP) is 1.33. The summed E-state index contributed by atoms with van der Waals surface area (Å²) in [5.74, 6) is 1.81. The molecule has 3 rings (SSSR count). The van der Waals surface area contributed by atoms with E-state index < -0.39 is 0 Å². The van der Waals surface area contributed by atoms with Crippen molar-refractivity contribution in [1.82, 2.24) is 14.9 Å². The number of nitrogens with zero attached hydrogens (tertiary/aromatic N) is 4. The van der Waals surface area contributed by atoms with Gasteiger partial charge in [-0.1, -0.05) is 0 Å². The van der Waals surface area contributed by atoms with Gasteiger partial charge in [-0.3, -0.25) is 4.90 Å². The smallest absolute Gasteiger partial charge is 0.225 e. The van der Waals surface area contributed by atoms with Crippen LogP contribution in [0.25, 0.3) is 0 Å². The molecule has 1 aromatic heterocycles. The predicted molar refractivity (Wildman–Crippen MR) is 87.0 cm³/mol. The number of hydrogen-bond donors (Lipinski definition) is 1. The fourth-order valence-electron chi connectivity index (χ4n) is 3.21. The summed E-state index contributed by atoms with van der Waals surface area (Å²) in [5, 5.41) is 0. The number of rotatable bonds is 4. The molecule has 2 aliphatic rings. The highest BCUT2D eigenvalue weighted by atomic mass is 32.1. The Labute approximate surface area is 132 Å². The SMILES string of the molecule is SCC1(CN2CCN(c3ncccn3)CC2)CCOCC1. The first-order valence-corrected chi connectivity index (χ1v) is 8.38. The van der Waals surface area contributed by atoms with Crippen LogP contribution < -0.4 is 4.90 Å². The Kier molecular flexibility index (Phi) is 4.98. The van der Waals surface area contributed by atoms with Gasteiger partial charge in [-0.25, -0.2) is 9.97 Å². The molecule has 0 bridgehead atoms. The largest absolute Gasteiger partial charge is 0.381 e. The number of ether oxygens (including phenoxy) is 1. The summed E-state index contributed by atoms with van der Waals surface area (Å²) < 4.78 is 5.51. The van der Waals surface area contributed by atoms with Gasteiger partial charge in [0.15, 0.2) is 0 Å². The fraction of sp³-hybridized carbons (Fsp3) is 0.733. The second-order valence-corrected chi connectivity index (χ2v) is 6.40. The van der Waals surface area contributed by atoms with Crippen LogP contribution in [0, 0.1) is 5.41 Å². The number of thiol groups is 1. The molecule has 0 aromatic carbocycles. The summed E-state index contributed by atoms with van der Waals surface area (Å²) in [4.78, 5) is 13.5. The van der Waals surface area contributed by atoms with E-state index in [9.17, 15) is 0 Å². The lowest BCUT2D eigenvalue weighted by atomic mass is 9.81. The summed E-state index contributed by atoms with van der Waals surface area (Å²) in [6.07, 6.45) is 5.90. The normalized spacial score (nSPS) is 23.2. The monoisotopic (exact) mass is 308 g/mol. The highest BCUT2D eigenvalue weighted by Gasteiger charge is 2.34. The minimum atomic E-state index is 0.340. The van der Waals surface area contributed by atoms with Crippen molar-refractivity contribution in [3.8, 4) is 0 Å². The Morgan fingerprint density at radius 2 is 1.76 bits per heavy atom. The van der Waals surface area contributed by atoms with E-state index in [4.69, 9.17) is 4.74 Å². The molecule has 0 saturated carbocycles. The van der Waals surface area contributed by atoms with Crippen LogP contribution in [-0.4, -0.2) is 66.6 Å². The zero-order chi connectivity index (χ0) is 14.5. The van der Waals surface area contributed by atoms with Crippen LogP contribution in [0.4, 0.5) is 5.95 Å². The van der Waals surface area contributed by atoms with Crippen molar-refractivity contribution in [2.24, 2.45) is 5.41 Å². The minimum absolute atomic E-state index is 0.340. The average molecular weight is 308 g/mol. The van der Waals surface area contributed by atoms with Crippen LogP contribution in [0.2, 0.25) is 0 Å². The van der Waals surface area contributed by atoms with E-state index in [0.717, 1.165) is 70.5 Å². The Morgan fingerprint density at radius 3 is 2.38 bits per heavy atom. The van der Waals surface area contributed by atoms with Gasteiger partial charge in [0.2, 0.25) is 5.95 Å². The Morgan fingerprint density at radius 1 is 1.10 bits per heavy atom. The summed E-state index contributed by atoms with van der Waals surface area (Å²) in [5.41, 5.74) is 0.340. The van der Waals surface area contributed by atoms with Crippen LogP contribution >= 0.6 is 12.6 Å². The quantitative estimate of drug-likeness (QED) is 0.850. The molecule has 5 nitrogen and oxygen atoms in total. The van der Waals surface area contributed by atoms with Crippen molar-refractivity contribution >= 4 is 18.6 Å². The number of hydrogen-bond acceptors (Lipinski definition) is 6. The van der Waals surface area contributed by atoms with E-state index in [1.165, 1.54) is 0 Å². The van der Waals surface area contributed by atoms with Crippen LogP contribution in [-0.2, 0) is 4.74 Å². The molecule has 2 fully saturated rings. The molecule has 2 saturated heterocycles. The third kappa shape index (κ3) is 3.67. The van der Waals surface area contributed by atoms with Gasteiger partial charge in [-0.2, -0.15) is 12.6 Å². The molecule has 0 N–H and O–H groups in total. The third-order valence-corrected chi connectivity index (χ3v) is 5.33. The lowest BCUT2D eigenvalue weighted by Crippen LogP contribution is -2.51. The third-order valence-electron chi connectivity index (χ3n) is 4.66. The lowest BCUT2D eigenvalue weighted by molar-refractivity contribution is 0.00691. The maximum absolute atomic E-state index is 5.51. The number of piperazine rings is 1. The van der Waals surface area contributed by atoms with Crippen molar-refractivity contribution < 1.29 is 4.74 Å². The maximum Gasteiger partial charge on any atom is 0.225 e. The van der Waals surface area contributed by atoms with Crippen molar-refractivity contribution in [1.29, 1.82) is 0 Å². The van der Waals surface area contributed by atoms with Gasteiger partial charge in [0.1, 0.15) is 0 Å². The van der Waals surface area contributed by atoms with Gasteiger partial charge in [0, 0.05) is 58.3 Å². The van der Waals surface area contributed by atoms with Crippen molar-refractivity contribution in [2.45, 2.75) is 12.8 Å². The Hall–Kier alpha value is -0.850. The summed E-state index contributed by atoms with van der Waals surface area (Å²) >= 11 is 4.61. The first-order valence-electron chi connectivity index (χ1n) is 7.74. The molecule has 0 atom stereocenters. The fourth-order valence-corrected chi connectivity index (χ4v) is 3.62. The molecule has 0 radical (unpaired) electrons. The molecule has 1 aromatic rings. The van der Waals surface area contributed by atoms with E-state index in [-0.39, 0.29) is 0 Å². The zero-order valence-electron chi connectivity index (χ0n) is 12.4. The van der Waals surface area contributed by atoms with E-state index in [1.807, 2.05) is 18.5 Å². The van der Waals surface area contributed by atoms with Gasteiger partial charge >= 0.3 is 0 Å². The standard InChI is InChI=1S/C15H24N4OS/c21-13-15(2-10-20-11-3-15)12-18-6-8-19(9-7-18)14-16-4-1-5-17-14/h1,4-5,21H,2-3,6-13H2. The van der Waals surface area contributed by atoms with Crippen LogP contribution in [0.1, 0.15) is 12.8 Å². The highest BCUT2D eigenvalue weighted by Crippen LogP contribution is 2.33. The van der Waals surface area contributed by atoms with Crippen LogP contribution in [0.5, 0.6) is 0 Å². The number of anilines is 1.